The molecule has 0 atom stereocenters. The van der Waals surface area contributed by atoms with E-state index in [4.69, 9.17) is 10.8 Å². The maximum absolute atomic E-state index is 8.79. The highest BCUT2D eigenvalue weighted by Gasteiger charge is 2.19. The Morgan fingerprint density at radius 1 is 1.29 bits per heavy atom. The van der Waals surface area contributed by atoms with Gasteiger partial charge in [0.25, 0.3) is 0 Å². The van der Waals surface area contributed by atoms with Crippen LogP contribution in [0.1, 0.15) is 33.6 Å². The lowest BCUT2D eigenvalue weighted by molar-refractivity contribution is 0.166. The molecule has 0 aliphatic carbocycles. The molecule has 0 aromatic heterocycles. The molecule has 0 radical (unpaired) electrons. The van der Waals surface area contributed by atoms with Crippen LogP contribution in [0, 0.1) is 5.41 Å². The second-order valence-electron chi connectivity index (χ2n) is 4.72. The Hall–Kier alpha value is -0.120. The fourth-order valence-corrected chi connectivity index (χ4v) is 1.55. The highest BCUT2D eigenvalue weighted by atomic mass is 16.3. The Bertz CT molecular complexity index is 137. The van der Waals surface area contributed by atoms with E-state index in [0.717, 1.165) is 32.5 Å². The lowest BCUT2D eigenvalue weighted by atomic mass is 9.93. The second kappa shape index (κ2) is 7.21. The third-order valence-corrected chi connectivity index (χ3v) is 2.38. The SMILES string of the molecule is CCCN(CCCO)CC(C)(C)CN. The number of hydrogen-bond acceptors (Lipinski definition) is 3. The minimum atomic E-state index is 0.185. The molecule has 3 heteroatoms. The van der Waals surface area contributed by atoms with Crippen LogP contribution in [-0.4, -0.2) is 42.8 Å². The summed E-state index contributed by atoms with van der Waals surface area (Å²) in [6.07, 6.45) is 2.02. The van der Waals surface area contributed by atoms with Crippen LogP contribution in [-0.2, 0) is 0 Å². The first-order valence-corrected chi connectivity index (χ1v) is 5.59. The van der Waals surface area contributed by atoms with Gasteiger partial charge in [0.1, 0.15) is 0 Å². The Labute approximate surface area is 88.3 Å². The largest absolute Gasteiger partial charge is 0.396 e. The monoisotopic (exact) mass is 202 g/mol. The van der Waals surface area contributed by atoms with Gasteiger partial charge in [0.05, 0.1) is 0 Å². The predicted molar refractivity (Wildman–Crippen MR) is 61.3 cm³/mol. The van der Waals surface area contributed by atoms with E-state index >= 15 is 0 Å². The van der Waals surface area contributed by atoms with Crippen molar-refractivity contribution in [1.29, 1.82) is 0 Å². The van der Waals surface area contributed by atoms with Gasteiger partial charge in [-0.2, -0.15) is 0 Å². The quantitative estimate of drug-likeness (QED) is 0.619. The fraction of sp³-hybridized carbons (Fsp3) is 1.00. The first-order valence-electron chi connectivity index (χ1n) is 5.59. The fourth-order valence-electron chi connectivity index (χ4n) is 1.55. The molecule has 0 unspecified atom stereocenters. The number of nitrogens with zero attached hydrogens (tertiary/aromatic N) is 1. The predicted octanol–water partition coefficient (Wildman–Crippen LogP) is 1.07. The van der Waals surface area contributed by atoms with E-state index in [1.54, 1.807) is 0 Å². The highest BCUT2D eigenvalue weighted by molar-refractivity contribution is 4.74. The summed E-state index contributed by atoms with van der Waals surface area (Å²) in [6, 6.07) is 0. The van der Waals surface area contributed by atoms with Gasteiger partial charge in [0, 0.05) is 19.7 Å². The Balaban J connectivity index is 3.94. The summed E-state index contributed by atoms with van der Waals surface area (Å²) >= 11 is 0. The molecule has 3 nitrogen and oxygen atoms in total. The summed E-state index contributed by atoms with van der Waals surface area (Å²) in [5.41, 5.74) is 5.89. The minimum absolute atomic E-state index is 0.185. The van der Waals surface area contributed by atoms with E-state index in [-0.39, 0.29) is 12.0 Å². The maximum Gasteiger partial charge on any atom is 0.0443 e. The molecule has 0 bridgehead atoms. The van der Waals surface area contributed by atoms with Crippen LogP contribution in [0.25, 0.3) is 0 Å². The minimum Gasteiger partial charge on any atom is -0.396 e. The molecule has 0 spiro atoms. The van der Waals surface area contributed by atoms with Gasteiger partial charge in [0.2, 0.25) is 0 Å². The Morgan fingerprint density at radius 2 is 1.93 bits per heavy atom. The van der Waals surface area contributed by atoms with Crippen molar-refractivity contribution in [2.75, 3.05) is 32.8 Å². The number of rotatable bonds is 8. The first kappa shape index (κ1) is 13.9. The van der Waals surface area contributed by atoms with Gasteiger partial charge in [-0.05, 0) is 31.3 Å². The molecule has 86 valence electrons. The summed E-state index contributed by atoms with van der Waals surface area (Å²) in [5, 5.41) is 8.79. The maximum atomic E-state index is 8.79. The zero-order valence-electron chi connectivity index (χ0n) is 9.92. The Morgan fingerprint density at radius 3 is 2.36 bits per heavy atom. The zero-order valence-corrected chi connectivity index (χ0v) is 9.92. The molecule has 3 N–H and O–H groups in total. The molecule has 0 saturated heterocycles. The van der Waals surface area contributed by atoms with E-state index in [9.17, 15) is 0 Å². The molecule has 14 heavy (non-hydrogen) atoms. The lowest BCUT2D eigenvalue weighted by Crippen LogP contribution is -2.39. The van der Waals surface area contributed by atoms with Crippen LogP contribution in [0.3, 0.4) is 0 Å². The van der Waals surface area contributed by atoms with Crippen LogP contribution in [0.2, 0.25) is 0 Å². The van der Waals surface area contributed by atoms with Crippen molar-refractivity contribution in [2.45, 2.75) is 33.6 Å². The van der Waals surface area contributed by atoms with Crippen molar-refractivity contribution in [3.63, 3.8) is 0 Å². The molecular formula is C11H26N2O. The van der Waals surface area contributed by atoms with Gasteiger partial charge < -0.3 is 15.7 Å². The number of aliphatic hydroxyl groups excluding tert-OH is 1. The zero-order chi connectivity index (χ0) is 11.0. The van der Waals surface area contributed by atoms with Crippen LogP contribution in [0.4, 0.5) is 0 Å². The summed E-state index contributed by atoms with van der Waals surface area (Å²) in [4.78, 5) is 2.39. The van der Waals surface area contributed by atoms with Crippen LogP contribution in [0.15, 0.2) is 0 Å². The number of hydrogen-bond donors (Lipinski definition) is 2. The molecule has 0 fully saturated rings. The standard InChI is InChI=1S/C11H26N2O/c1-4-6-13(7-5-8-14)10-11(2,3)9-12/h14H,4-10,12H2,1-3H3. The number of nitrogens with two attached hydrogens (primary N) is 1. The van der Waals surface area contributed by atoms with Crippen molar-refractivity contribution in [3.05, 3.63) is 0 Å². The molecule has 0 saturated carbocycles. The van der Waals surface area contributed by atoms with Gasteiger partial charge in [-0.1, -0.05) is 20.8 Å². The number of aliphatic hydroxyl groups is 1. The van der Waals surface area contributed by atoms with Gasteiger partial charge in [-0.15, -0.1) is 0 Å². The molecule has 0 aromatic rings. The van der Waals surface area contributed by atoms with Crippen molar-refractivity contribution in [1.82, 2.24) is 4.90 Å². The van der Waals surface area contributed by atoms with E-state index < -0.39 is 0 Å². The Kier molecular flexibility index (Phi) is 7.15. The van der Waals surface area contributed by atoms with Crippen LogP contribution < -0.4 is 5.73 Å². The average Bonchev–Trinajstić information content (AvgIpc) is 2.14. The van der Waals surface area contributed by atoms with Crippen LogP contribution >= 0.6 is 0 Å². The summed E-state index contributed by atoms with van der Waals surface area (Å²) in [5.74, 6) is 0. The molecular weight excluding hydrogens is 176 g/mol. The lowest BCUT2D eigenvalue weighted by Gasteiger charge is -2.31. The second-order valence-corrected chi connectivity index (χ2v) is 4.72. The van der Waals surface area contributed by atoms with Crippen molar-refractivity contribution >= 4 is 0 Å². The highest BCUT2D eigenvalue weighted by Crippen LogP contribution is 2.15. The van der Waals surface area contributed by atoms with Gasteiger partial charge >= 0.3 is 0 Å². The van der Waals surface area contributed by atoms with E-state index in [0.29, 0.717) is 6.54 Å². The molecule has 0 aromatic carbocycles. The first-order chi connectivity index (χ1) is 6.55. The summed E-state index contributed by atoms with van der Waals surface area (Å²) in [7, 11) is 0. The average molecular weight is 202 g/mol. The normalized spacial score (nSPS) is 12.4. The van der Waals surface area contributed by atoms with Gasteiger partial charge in [0.15, 0.2) is 0 Å². The van der Waals surface area contributed by atoms with E-state index in [2.05, 4.69) is 25.7 Å². The molecule has 0 amide bonds. The van der Waals surface area contributed by atoms with Gasteiger partial charge in [-0.25, -0.2) is 0 Å². The summed E-state index contributed by atoms with van der Waals surface area (Å²) in [6.45, 7) is 10.7. The van der Waals surface area contributed by atoms with E-state index in [1.807, 2.05) is 0 Å². The smallest absolute Gasteiger partial charge is 0.0443 e. The van der Waals surface area contributed by atoms with Crippen molar-refractivity contribution in [3.8, 4) is 0 Å². The molecule has 0 aliphatic rings. The van der Waals surface area contributed by atoms with Gasteiger partial charge in [-0.3, -0.25) is 0 Å². The van der Waals surface area contributed by atoms with Crippen molar-refractivity contribution < 1.29 is 5.11 Å². The van der Waals surface area contributed by atoms with Crippen molar-refractivity contribution in [2.24, 2.45) is 11.1 Å². The molecule has 0 heterocycles. The third kappa shape index (κ3) is 6.35. The molecule has 0 rings (SSSR count). The van der Waals surface area contributed by atoms with E-state index in [1.165, 1.54) is 0 Å². The third-order valence-electron chi connectivity index (χ3n) is 2.38. The topological polar surface area (TPSA) is 49.5 Å². The van der Waals surface area contributed by atoms with Crippen LogP contribution in [0.5, 0.6) is 0 Å². The molecule has 0 aliphatic heterocycles. The summed E-state index contributed by atoms with van der Waals surface area (Å²) < 4.78 is 0.